The highest BCUT2D eigenvalue weighted by molar-refractivity contribution is 6.06. The number of aromatic nitrogens is 5. The molecule has 3 aliphatic rings. The molecule has 5 aromatic heterocycles. The molecular formula is C34H35N11O6. The van der Waals surface area contributed by atoms with Crippen LogP contribution in [0.25, 0.3) is 22.7 Å². The fraction of sp³-hybridized carbons (Fsp3) is 0.353. The number of amides is 4. The highest BCUT2D eigenvalue weighted by Crippen LogP contribution is 2.33. The number of aliphatic hydroxyl groups excluding tert-OH is 1. The predicted octanol–water partition coefficient (Wildman–Crippen LogP) is 2.57. The standard InChI is InChI=1S/C34H35N11O6/c1-20-14-21(3-7-36-20)32-38-25(19-50-32)31(48)37-24-15-27-29(40-30(24)44-8-4-23(46)18-44)41-34(51-27)43-12-10-42(11-13-43)17-22-2-6-35-16-26(22)45-9-5-28(47)39-33(45)49/h2-3,6-7,14-16,19,23,46H,4-5,8-13,17-18H2,1H3,(H,37,48)(H,39,47,49)/t23-/m1/s1. The highest BCUT2D eigenvalue weighted by atomic mass is 16.4. The van der Waals surface area contributed by atoms with Crippen molar-refractivity contribution in [1.29, 1.82) is 0 Å². The Kier molecular flexibility index (Phi) is 8.48. The Morgan fingerprint density at radius 2 is 1.90 bits per heavy atom. The summed E-state index contributed by atoms with van der Waals surface area (Å²) in [5, 5.41) is 15.6. The summed E-state index contributed by atoms with van der Waals surface area (Å²) in [6, 6.07) is 7.16. The smallest absolute Gasteiger partial charge is 0.328 e. The van der Waals surface area contributed by atoms with E-state index in [0.717, 1.165) is 11.3 Å². The molecule has 5 aromatic rings. The van der Waals surface area contributed by atoms with Gasteiger partial charge >= 0.3 is 6.03 Å². The molecule has 0 saturated carbocycles. The third kappa shape index (κ3) is 6.68. The van der Waals surface area contributed by atoms with Gasteiger partial charge in [0.25, 0.3) is 11.9 Å². The number of urea groups is 1. The average Bonchev–Trinajstić information content (AvgIpc) is 3.89. The molecule has 17 heteroatoms. The van der Waals surface area contributed by atoms with Gasteiger partial charge in [0, 0.05) is 88.5 Å². The molecule has 0 radical (unpaired) electrons. The van der Waals surface area contributed by atoms with Crippen LogP contribution in [0.15, 0.2) is 58.0 Å². The zero-order valence-electron chi connectivity index (χ0n) is 27.8. The number of aliphatic hydroxyl groups is 1. The molecule has 3 fully saturated rings. The monoisotopic (exact) mass is 693 g/mol. The number of piperazine rings is 1. The van der Waals surface area contributed by atoms with Crippen LogP contribution in [0.1, 0.15) is 34.6 Å². The molecule has 17 nitrogen and oxygen atoms in total. The Morgan fingerprint density at radius 3 is 2.69 bits per heavy atom. The van der Waals surface area contributed by atoms with Crippen LogP contribution < -0.4 is 25.3 Å². The maximum atomic E-state index is 13.4. The van der Waals surface area contributed by atoms with Crippen LogP contribution in [0.5, 0.6) is 0 Å². The zero-order valence-corrected chi connectivity index (χ0v) is 27.8. The summed E-state index contributed by atoms with van der Waals surface area (Å²) in [6.07, 6.45) is 6.62. The average molecular weight is 694 g/mol. The summed E-state index contributed by atoms with van der Waals surface area (Å²) in [5.74, 6) is 0.0122. The van der Waals surface area contributed by atoms with Gasteiger partial charge in [-0.2, -0.15) is 4.98 Å². The fourth-order valence-electron chi connectivity index (χ4n) is 6.54. The van der Waals surface area contributed by atoms with Crippen molar-refractivity contribution in [2.45, 2.75) is 32.4 Å². The van der Waals surface area contributed by atoms with Crippen molar-refractivity contribution < 1.29 is 28.3 Å². The van der Waals surface area contributed by atoms with E-state index in [1.807, 2.05) is 28.9 Å². The Labute approximate surface area is 291 Å². The van der Waals surface area contributed by atoms with Crippen LogP contribution in [0, 0.1) is 6.92 Å². The lowest BCUT2D eigenvalue weighted by molar-refractivity contribution is -0.120. The van der Waals surface area contributed by atoms with E-state index in [1.54, 1.807) is 35.6 Å². The van der Waals surface area contributed by atoms with Crippen molar-refractivity contribution in [2.24, 2.45) is 0 Å². The summed E-state index contributed by atoms with van der Waals surface area (Å²) < 4.78 is 11.8. The number of fused-ring (bicyclic) bond motifs is 1. The first kappa shape index (κ1) is 32.3. The van der Waals surface area contributed by atoms with Gasteiger partial charge in [-0.25, -0.2) is 14.8 Å². The highest BCUT2D eigenvalue weighted by Gasteiger charge is 2.30. The van der Waals surface area contributed by atoms with E-state index in [1.165, 1.54) is 6.26 Å². The maximum Gasteiger partial charge on any atom is 0.328 e. The van der Waals surface area contributed by atoms with Gasteiger partial charge in [-0.1, -0.05) is 0 Å². The van der Waals surface area contributed by atoms with Crippen LogP contribution in [-0.2, 0) is 11.3 Å². The molecule has 4 amide bonds. The number of anilines is 4. The Morgan fingerprint density at radius 1 is 1.04 bits per heavy atom. The second-order valence-electron chi connectivity index (χ2n) is 12.8. The van der Waals surface area contributed by atoms with Crippen molar-refractivity contribution in [3.8, 4) is 11.5 Å². The summed E-state index contributed by atoms with van der Waals surface area (Å²) in [7, 11) is 0. The lowest BCUT2D eigenvalue weighted by atomic mass is 10.1. The minimum Gasteiger partial charge on any atom is -0.444 e. The Balaban J connectivity index is 0.982. The zero-order chi connectivity index (χ0) is 35.1. The van der Waals surface area contributed by atoms with E-state index in [2.05, 4.69) is 30.5 Å². The van der Waals surface area contributed by atoms with Gasteiger partial charge in [0.15, 0.2) is 17.1 Å². The fourth-order valence-corrected chi connectivity index (χ4v) is 6.54. The predicted molar refractivity (Wildman–Crippen MR) is 184 cm³/mol. The number of pyridine rings is 3. The number of imide groups is 1. The summed E-state index contributed by atoms with van der Waals surface area (Å²) >= 11 is 0. The molecule has 8 rings (SSSR count). The molecule has 0 unspecified atom stereocenters. The van der Waals surface area contributed by atoms with E-state index in [-0.39, 0.29) is 18.0 Å². The molecule has 8 heterocycles. The third-order valence-corrected chi connectivity index (χ3v) is 9.21. The van der Waals surface area contributed by atoms with Crippen molar-refractivity contribution in [2.75, 3.05) is 65.8 Å². The Bertz CT molecular complexity index is 2120. The normalized spacial score (nSPS) is 18.5. The number of nitrogens with one attached hydrogen (secondary N) is 2. The molecule has 262 valence electrons. The molecule has 0 bridgehead atoms. The summed E-state index contributed by atoms with van der Waals surface area (Å²) in [6.45, 7) is 6.36. The lowest BCUT2D eigenvalue weighted by Crippen LogP contribution is -2.50. The van der Waals surface area contributed by atoms with Gasteiger partial charge < -0.3 is 29.1 Å². The SMILES string of the molecule is Cc1cc(-c2nc(C(=O)Nc3cc4oc(N5CCN(Cc6ccncc6N6CCC(=O)NC6=O)CC5)nc4nc3N3CC[C@@H](O)C3)co2)ccn1. The van der Waals surface area contributed by atoms with Gasteiger partial charge in [0.1, 0.15) is 6.26 Å². The van der Waals surface area contributed by atoms with E-state index < -0.39 is 18.0 Å². The minimum atomic E-state index is -0.512. The molecule has 3 saturated heterocycles. The van der Waals surface area contributed by atoms with E-state index in [4.69, 9.17) is 18.8 Å². The number of oxazole rings is 2. The van der Waals surface area contributed by atoms with Gasteiger partial charge in [-0.3, -0.25) is 34.7 Å². The number of carbonyl (C=O) groups is 3. The van der Waals surface area contributed by atoms with E-state index in [0.29, 0.717) is 105 Å². The molecule has 0 aromatic carbocycles. The first-order chi connectivity index (χ1) is 24.8. The van der Waals surface area contributed by atoms with Crippen molar-refractivity contribution in [3.63, 3.8) is 0 Å². The molecule has 3 N–H and O–H groups in total. The number of β-amino-alcohol motifs (C(OH)–C–C–N with tert-alkyl or cyclic N) is 1. The number of hydrogen-bond acceptors (Lipinski definition) is 14. The molecule has 0 spiro atoms. The maximum absolute atomic E-state index is 13.4. The molecule has 1 atom stereocenters. The number of aryl methyl sites for hydroxylation is 1. The number of carbonyl (C=O) groups excluding carboxylic acids is 3. The van der Waals surface area contributed by atoms with Crippen LogP contribution in [0.4, 0.5) is 28.0 Å². The van der Waals surface area contributed by atoms with Gasteiger partial charge in [0.05, 0.1) is 23.7 Å². The quantitative estimate of drug-likeness (QED) is 0.214. The molecule has 51 heavy (non-hydrogen) atoms. The second-order valence-corrected chi connectivity index (χ2v) is 12.8. The number of nitrogens with zero attached hydrogens (tertiary/aromatic N) is 9. The summed E-state index contributed by atoms with van der Waals surface area (Å²) in [4.78, 5) is 67.7. The minimum absolute atomic E-state index is 0.0938. The van der Waals surface area contributed by atoms with Gasteiger partial charge in [0.2, 0.25) is 17.4 Å². The van der Waals surface area contributed by atoms with Crippen LogP contribution in [-0.4, -0.2) is 105 Å². The second kappa shape index (κ2) is 13.4. The number of hydrogen-bond donors (Lipinski definition) is 3. The Hall–Kier alpha value is -5.94. The molecule has 3 aliphatic heterocycles. The van der Waals surface area contributed by atoms with Gasteiger partial charge in [-0.05, 0) is 37.1 Å². The van der Waals surface area contributed by atoms with Crippen molar-refractivity contribution >= 4 is 52.3 Å². The van der Waals surface area contributed by atoms with Crippen LogP contribution >= 0.6 is 0 Å². The van der Waals surface area contributed by atoms with E-state index in [9.17, 15) is 19.5 Å². The first-order valence-electron chi connectivity index (χ1n) is 16.7. The van der Waals surface area contributed by atoms with E-state index >= 15 is 0 Å². The number of rotatable bonds is 8. The van der Waals surface area contributed by atoms with Crippen molar-refractivity contribution in [1.82, 2.24) is 35.1 Å². The van der Waals surface area contributed by atoms with Crippen LogP contribution in [0.3, 0.4) is 0 Å². The van der Waals surface area contributed by atoms with Crippen molar-refractivity contribution in [3.05, 3.63) is 66.1 Å². The summed E-state index contributed by atoms with van der Waals surface area (Å²) in [5.41, 5.74) is 4.42. The molecular weight excluding hydrogens is 658 g/mol. The topological polar surface area (TPSA) is 199 Å². The molecule has 0 aliphatic carbocycles. The lowest BCUT2D eigenvalue weighted by Gasteiger charge is -2.35. The first-order valence-corrected chi connectivity index (χ1v) is 16.7. The van der Waals surface area contributed by atoms with Gasteiger partial charge in [-0.15, -0.1) is 0 Å². The van der Waals surface area contributed by atoms with Crippen LogP contribution in [0.2, 0.25) is 0 Å². The third-order valence-electron chi connectivity index (χ3n) is 9.21. The largest absolute Gasteiger partial charge is 0.444 e.